The molecule has 2 aromatic rings. The van der Waals surface area contributed by atoms with Crippen molar-refractivity contribution in [3.8, 4) is 0 Å². The molecule has 5 heteroatoms. The second-order valence-electron chi connectivity index (χ2n) is 6.10. The number of hydrogen-bond donors (Lipinski definition) is 2. The van der Waals surface area contributed by atoms with Gasteiger partial charge in [-0.15, -0.1) is 0 Å². The summed E-state index contributed by atoms with van der Waals surface area (Å²) in [5.74, 6) is -0.387. The zero-order valence-electron chi connectivity index (χ0n) is 16.1. The van der Waals surface area contributed by atoms with Crippen LogP contribution in [0.4, 0.5) is 11.4 Å². The normalized spacial score (nSPS) is 11.2. The molecule has 0 saturated heterocycles. The molecule has 0 spiro atoms. The van der Waals surface area contributed by atoms with Crippen molar-refractivity contribution in [2.45, 2.75) is 40.5 Å². The van der Waals surface area contributed by atoms with Crippen LogP contribution in [-0.4, -0.2) is 18.9 Å². The molecule has 2 aromatic carbocycles. The number of anilines is 1. The molecule has 2 rings (SSSR count). The summed E-state index contributed by atoms with van der Waals surface area (Å²) in [6.07, 6.45) is 1.68. The van der Waals surface area contributed by atoms with Gasteiger partial charge in [-0.3, -0.25) is 10.9 Å². The molecule has 5 nitrogen and oxygen atoms in total. The van der Waals surface area contributed by atoms with Gasteiger partial charge >= 0.3 is 5.97 Å². The number of carbonyl (C=O) groups excluding carboxylic acids is 1. The summed E-state index contributed by atoms with van der Waals surface area (Å²) in [5, 5.41) is 0. The highest BCUT2D eigenvalue weighted by atomic mass is 16.5. The number of ether oxygens (including phenoxy) is 1. The molecule has 0 aliphatic heterocycles. The van der Waals surface area contributed by atoms with Gasteiger partial charge in [0.15, 0.2) is 0 Å². The molecular weight excluding hydrogens is 326 g/mol. The lowest BCUT2D eigenvalue weighted by Gasteiger charge is -2.16. The molecule has 0 aliphatic rings. The number of methoxy groups -OCH3 is 1. The summed E-state index contributed by atoms with van der Waals surface area (Å²) in [5.41, 5.74) is 12.1. The molecule has 0 atom stereocenters. The van der Waals surface area contributed by atoms with Crippen LogP contribution in [-0.2, 0) is 22.4 Å². The van der Waals surface area contributed by atoms with E-state index >= 15 is 0 Å². The first-order chi connectivity index (χ1) is 12.5. The first-order valence-corrected chi connectivity index (χ1v) is 8.87. The van der Waals surface area contributed by atoms with Gasteiger partial charge in [-0.1, -0.05) is 50.2 Å². The van der Waals surface area contributed by atoms with Crippen molar-refractivity contribution in [3.63, 3.8) is 0 Å². The zero-order valence-corrected chi connectivity index (χ0v) is 16.1. The van der Waals surface area contributed by atoms with Gasteiger partial charge in [0.2, 0.25) is 5.84 Å². The first-order valence-electron chi connectivity index (χ1n) is 8.87. The lowest BCUT2D eigenvalue weighted by Crippen LogP contribution is -2.36. The van der Waals surface area contributed by atoms with E-state index in [1.807, 2.05) is 50.2 Å². The van der Waals surface area contributed by atoms with Gasteiger partial charge in [-0.25, -0.2) is 9.79 Å². The SMILES string of the molecule is CCc1cccc(CC)c1N=C(NNc1c(C)cccc1C)C(=O)OC. The number of aryl methyl sites for hydroxylation is 4. The lowest BCUT2D eigenvalue weighted by atomic mass is 10.0. The maximum atomic E-state index is 12.3. The van der Waals surface area contributed by atoms with E-state index in [4.69, 9.17) is 4.74 Å². The predicted octanol–water partition coefficient (Wildman–Crippen LogP) is 4.25. The molecule has 0 heterocycles. The molecule has 0 bridgehead atoms. The number of amidine groups is 1. The standard InChI is InChI=1S/C21H27N3O2/c1-6-16-12-9-13-17(7-2)19(16)22-20(21(25)26-5)24-23-18-14(3)10-8-11-15(18)4/h8-13,23H,6-7H2,1-5H3,(H,22,24). The summed E-state index contributed by atoms with van der Waals surface area (Å²) in [4.78, 5) is 16.9. The Kier molecular flexibility index (Phi) is 6.78. The fourth-order valence-electron chi connectivity index (χ4n) is 2.83. The van der Waals surface area contributed by atoms with Crippen LogP contribution in [0, 0.1) is 13.8 Å². The van der Waals surface area contributed by atoms with Crippen molar-refractivity contribution in [1.29, 1.82) is 0 Å². The second kappa shape index (κ2) is 9.04. The van der Waals surface area contributed by atoms with Gasteiger partial charge in [0.05, 0.1) is 18.5 Å². The topological polar surface area (TPSA) is 62.7 Å². The second-order valence-corrected chi connectivity index (χ2v) is 6.10. The molecule has 0 fully saturated rings. The molecule has 138 valence electrons. The van der Waals surface area contributed by atoms with Gasteiger partial charge in [0.1, 0.15) is 0 Å². The Morgan fingerprint density at radius 1 is 1.00 bits per heavy atom. The number of nitrogens with one attached hydrogen (secondary N) is 2. The highest BCUT2D eigenvalue weighted by Crippen LogP contribution is 2.26. The molecule has 2 N–H and O–H groups in total. The van der Waals surface area contributed by atoms with Crippen LogP contribution in [0.25, 0.3) is 0 Å². The number of carbonyl (C=O) groups is 1. The van der Waals surface area contributed by atoms with Crippen molar-refractivity contribution in [3.05, 3.63) is 58.7 Å². The van der Waals surface area contributed by atoms with Crippen molar-refractivity contribution in [2.24, 2.45) is 4.99 Å². The van der Waals surface area contributed by atoms with E-state index in [0.717, 1.165) is 46.5 Å². The van der Waals surface area contributed by atoms with E-state index < -0.39 is 5.97 Å². The fraction of sp³-hybridized carbons (Fsp3) is 0.333. The maximum absolute atomic E-state index is 12.3. The predicted molar refractivity (Wildman–Crippen MR) is 107 cm³/mol. The Morgan fingerprint density at radius 2 is 1.54 bits per heavy atom. The quantitative estimate of drug-likeness (QED) is 0.365. The Hall–Kier alpha value is -2.82. The largest absolute Gasteiger partial charge is 0.463 e. The summed E-state index contributed by atoms with van der Waals surface area (Å²) >= 11 is 0. The minimum Gasteiger partial charge on any atom is -0.463 e. The highest BCUT2D eigenvalue weighted by Gasteiger charge is 2.15. The van der Waals surface area contributed by atoms with Crippen molar-refractivity contribution >= 4 is 23.2 Å². The average molecular weight is 353 g/mol. The molecule has 0 saturated carbocycles. The number of rotatable bonds is 5. The summed E-state index contributed by atoms with van der Waals surface area (Å²) < 4.78 is 4.91. The molecule has 26 heavy (non-hydrogen) atoms. The summed E-state index contributed by atoms with van der Waals surface area (Å²) in [6, 6.07) is 12.1. The third-order valence-corrected chi connectivity index (χ3v) is 4.35. The Bertz CT molecular complexity index is 770. The molecule has 0 aliphatic carbocycles. The first kappa shape index (κ1) is 19.5. The Morgan fingerprint density at radius 3 is 2.04 bits per heavy atom. The van der Waals surface area contributed by atoms with Gasteiger partial charge in [-0.2, -0.15) is 0 Å². The number of nitrogens with zero attached hydrogens (tertiary/aromatic N) is 1. The van der Waals surface area contributed by atoms with Gasteiger partial charge in [-0.05, 0) is 48.9 Å². The monoisotopic (exact) mass is 353 g/mol. The summed E-state index contributed by atoms with van der Waals surface area (Å²) in [6.45, 7) is 8.17. The molecule has 0 amide bonds. The van der Waals surface area contributed by atoms with Crippen molar-refractivity contribution in [2.75, 3.05) is 12.5 Å². The van der Waals surface area contributed by atoms with E-state index in [1.165, 1.54) is 7.11 Å². The van der Waals surface area contributed by atoms with Crippen LogP contribution >= 0.6 is 0 Å². The molecule has 0 aromatic heterocycles. The average Bonchev–Trinajstić information content (AvgIpc) is 2.65. The van der Waals surface area contributed by atoms with Crippen molar-refractivity contribution in [1.82, 2.24) is 5.43 Å². The van der Waals surface area contributed by atoms with E-state index in [0.29, 0.717) is 0 Å². The highest BCUT2D eigenvalue weighted by molar-refractivity contribution is 6.36. The molecular formula is C21H27N3O2. The van der Waals surface area contributed by atoms with Gasteiger partial charge < -0.3 is 4.74 Å². The van der Waals surface area contributed by atoms with E-state index in [2.05, 4.69) is 29.7 Å². The van der Waals surface area contributed by atoms with Crippen molar-refractivity contribution < 1.29 is 9.53 Å². The Balaban J connectivity index is 2.40. The fourth-order valence-corrected chi connectivity index (χ4v) is 2.83. The lowest BCUT2D eigenvalue weighted by molar-refractivity contribution is -0.132. The minimum absolute atomic E-state index is 0.130. The van der Waals surface area contributed by atoms with Gasteiger partial charge in [0, 0.05) is 0 Å². The van der Waals surface area contributed by atoms with E-state index in [1.54, 1.807) is 0 Å². The van der Waals surface area contributed by atoms with Crippen LogP contribution in [0.2, 0.25) is 0 Å². The van der Waals surface area contributed by atoms with Crippen LogP contribution in [0.3, 0.4) is 0 Å². The number of benzene rings is 2. The number of hydrazine groups is 1. The van der Waals surface area contributed by atoms with Crippen LogP contribution in [0.15, 0.2) is 41.4 Å². The smallest absolute Gasteiger partial charge is 0.375 e. The number of aliphatic imine (C=N–C) groups is 1. The Labute approximate surface area is 155 Å². The third kappa shape index (κ3) is 4.42. The maximum Gasteiger partial charge on any atom is 0.375 e. The van der Waals surface area contributed by atoms with Crippen LogP contribution in [0.5, 0.6) is 0 Å². The van der Waals surface area contributed by atoms with Crippen LogP contribution < -0.4 is 10.9 Å². The summed E-state index contributed by atoms with van der Waals surface area (Å²) in [7, 11) is 1.35. The van der Waals surface area contributed by atoms with Gasteiger partial charge in [0.25, 0.3) is 0 Å². The minimum atomic E-state index is -0.517. The van der Waals surface area contributed by atoms with Crippen LogP contribution in [0.1, 0.15) is 36.1 Å². The van der Waals surface area contributed by atoms with E-state index in [9.17, 15) is 4.79 Å². The number of esters is 1. The zero-order chi connectivity index (χ0) is 19.1. The van der Waals surface area contributed by atoms with E-state index in [-0.39, 0.29) is 5.84 Å². The number of hydrogen-bond acceptors (Lipinski definition) is 4. The molecule has 0 unspecified atom stereocenters. The number of para-hydroxylation sites is 2. The third-order valence-electron chi connectivity index (χ3n) is 4.35. The molecule has 0 radical (unpaired) electrons.